The van der Waals surface area contributed by atoms with Gasteiger partial charge in [0.1, 0.15) is 0 Å². The van der Waals surface area contributed by atoms with Crippen LogP contribution in [0, 0.1) is 0 Å². The Labute approximate surface area is 398 Å². The second kappa shape index (κ2) is 14.3. The van der Waals surface area contributed by atoms with Crippen LogP contribution in [0.15, 0.2) is 120 Å². The summed E-state index contributed by atoms with van der Waals surface area (Å²) in [5.41, 5.74) is 0. The molecule has 0 amide bonds. The van der Waals surface area contributed by atoms with Crippen LogP contribution in [0.2, 0.25) is 0 Å². The summed E-state index contributed by atoms with van der Waals surface area (Å²) in [6.07, 6.45) is 0. The smallest absolute Gasteiger partial charge is 0.246 e. The molecule has 0 saturated heterocycles. The molecule has 13 aliphatic rings. The zero-order chi connectivity index (χ0) is 48.9. The van der Waals surface area contributed by atoms with Crippen LogP contribution in [0.25, 0.3) is 0 Å². The number of nitrogens with zero attached hydrogens (tertiary/aromatic N) is 35. The third-order valence-corrected chi connectivity index (χ3v) is 10.8. The Morgan fingerprint density at radius 1 is 0.239 bits per heavy atom. The zero-order valence-corrected chi connectivity index (χ0v) is 39.2. The Kier molecular flexibility index (Phi) is 8.27. The van der Waals surface area contributed by atoms with Gasteiger partial charge in [0.05, 0.1) is 0 Å². The van der Waals surface area contributed by atoms with E-state index in [9.17, 15) is 0 Å². The zero-order valence-electron chi connectivity index (χ0n) is 39.2. The fraction of sp³-hybridized carbons (Fsp3) is 0.314. The van der Waals surface area contributed by atoms with Gasteiger partial charge in [0.25, 0.3) is 0 Å². The molecular formula is C35H34N36. The summed E-state index contributed by atoms with van der Waals surface area (Å²) >= 11 is 0. The molecule has 71 heavy (non-hydrogen) atoms. The molecule has 0 fully saturated rings. The molecule has 36 nitrogen and oxygen atoms in total. The first-order valence-electron chi connectivity index (χ1n) is 21.1. The number of aliphatic imine (C=N–C) groups is 24. The Bertz CT molecular complexity index is 3450. The lowest BCUT2D eigenvalue weighted by Crippen LogP contribution is -2.57. The minimum Gasteiger partial charge on any atom is -0.357 e. The Morgan fingerprint density at radius 2 is 0.423 bits per heavy atom. The SMILES string of the molecule is CNC1=NC2=NC3=NC4=NC(=NC(=N1)N24)N(C1=NC2=NC(N(C)C)=NC4=NC(N(C)C)=NC(=N1)N42)C1=NC2=NC(N(C)C)=NC4=NC(=NC(=N1)N24)N(C)C1=NC2=NC(N(C)C)=NC4=NC(=NC(=N1)N24)N3C. The van der Waals surface area contributed by atoms with Gasteiger partial charge in [-0.3, -0.25) is 9.80 Å². The number of fused-ring (bicyclic) bond motifs is 3. The minimum atomic E-state index is -0.124. The van der Waals surface area contributed by atoms with Gasteiger partial charge in [-0.2, -0.15) is 120 Å². The van der Waals surface area contributed by atoms with E-state index in [4.69, 9.17) is 105 Å². The number of hydrogen-bond acceptors (Lipinski definition) is 36. The van der Waals surface area contributed by atoms with E-state index < -0.39 is 0 Å². The topological polar surface area (TPSA) is 344 Å². The highest BCUT2D eigenvalue weighted by atomic mass is 15.6. The van der Waals surface area contributed by atoms with E-state index in [1.807, 2.05) is 0 Å². The third-order valence-electron chi connectivity index (χ3n) is 10.8. The first-order valence-corrected chi connectivity index (χ1v) is 21.1. The predicted molar refractivity (Wildman–Crippen MR) is 267 cm³/mol. The molecule has 0 unspecified atom stereocenters. The molecule has 0 radical (unpaired) electrons. The minimum absolute atomic E-state index is 0.0141. The van der Waals surface area contributed by atoms with Crippen LogP contribution in [0.3, 0.4) is 0 Å². The molecule has 13 heterocycles. The maximum Gasteiger partial charge on any atom is 0.246 e. The normalized spacial score (nSPS) is 22.7. The molecule has 0 aromatic rings. The van der Waals surface area contributed by atoms with E-state index in [0.29, 0.717) is 17.9 Å². The average Bonchev–Trinajstić information content (AvgIpc) is 3.34. The van der Waals surface area contributed by atoms with Crippen molar-refractivity contribution in [3.05, 3.63) is 0 Å². The number of guanidine groups is 24. The third kappa shape index (κ3) is 6.15. The molecule has 0 aromatic heterocycles. The van der Waals surface area contributed by atoms with Gasteiger partial charge < -0.3 is 24.9 Å². The summed E-state index contributed by atoms with van der Waals surface area (Å²) in [7, 11) is 19.4. The summed E-state index contributed by atoms with van der Waals surface area (Å²) in [6, 6.07) is 0. The first-order chi connectivity index (χ1) is 34.2. The molecule has 13 rings (SSSR count). The second-order valence-electron chi connectivity index (χ2n) is 16.5. The van der Waals surface area contributed by atoms with Crippen molar-refractivity contribution in [2.75, 3.05) is 77.5 Å². The lowest BCUT2D eigenvalue weighted by molar-refractivity contribution is 0.600. The number of rotatable bonds is 0. The lowest BCUT2D eigenvalue weighted by Gasteiger charge is -2.37. The van der Waals surface area contributed by atoms with Crippen molar-refractivity contribution in [1.82, 2.24) is 59.2 Å². The van der Waals surface area contributed by atoms with Crippen molar-refractivity contribution in [3.8, 4) is 0 Å². The molecule has 9 bridgehead atoms. The molecule has 0 aromatic carbocycles. The van der Waals surface area contributed by atoms with Crippen LogP contribution in [0.5, 0.6) is 0 Å². The van der Waals surface area contributed by atoms with Crippen molar-refractivity contribution < 1.29 is 0 Å². The van der Waals surface area contributed by atoms with Crippen LogP contribution >= 0.6 is 0 Å². The van der Waals surface area contributed by atoms with Gasteiger partial charge in [0.2, 0.25) is 143 Å². The maximum atomic E-state index is 5.03. The first kappa shape index (κ1) is 40.9. The average molecular weight is 959 g/mol. The van der Waals surface area contributed by atoms with Gasteiger partial charge in [-0.05, 0) is 0 Å². The molecule has 354 valence electrons. The van der Waals surface area contributed by atoms with Gasteiger partial charge in [-0.1, -0.05) is 0 Å². The van der Waals surface area contributed by atoms with E-state index in [1.165, 1.54) is 34.3 Å². The molecular weight excluding hydrogens is 925 g/mol. The second-order valence-corrected chi connectivity index (χ2v) is 16.5. The van der Waals surface area contributed by atoms with Crippen LogP contribution in [-0.2, 0) is 0 Å². The van der Waals surface area contributed by atoms with Gasteiger partial charge in [0, 0.05) is 77.5 Å². The van der Waals surface area contributed by atoms with Crippen molar-refractivity contribution in [2.45, 2.75) is 0 Å². The Morgan fingerprint density at radius 3 is 0.676 bits per heavy atom. The van der Waals surface area contributed by atoms with Gasteiger partial charge in [-0.25, -0.2) is 24.5 Å². The van der Waals surface area contributed by atoms with Crippen molar-refractivity contribution >= 4 is 143 Å². The molecule has 36 heteroatoms. The fourth-order valence-electron chi connectivity index (χ4n) is 7.29. The standard InChI is InChI=1S/C35H34N36/c1-36-12-37-21-47-17-53-31-59-33(55-22(38-12)67(21)31)71(34-56-27-44-13(61(2)3)39-23-40-14(62(4)5)45-28(57-34)68(23)27)35-58-29-46-16(64(8)9)43-26-50-20(54-32(60-35)70(26)29)66(11)19-49-25-42-15(63(6)7)41-24-48-18(65(17)10)51-30(52-19)69(24)25/h1-11H3,(H,36,37,38,47,53,55,59). The highest BCUT2D eigenvalue weighted by molar-refractivity contribution is 6.39. The Hall–Kier alpha value is -10.3. The van der Waals surface area contributed by atoms with Crippen molar-refractivity contribution in [1.29, 1.82) is 0 Å². The predicted octanol–water partition coefficient (Wildman–Crippen LogP) is -4.45. The molecule has 1 N–H and O–H groups in total. The van der Waals surface area contributed by atoms with Crippen LogP contribution in [0.1, 0.15) is 0 Å². The monoisotopic (exact) mass is 958 g/mol. The van der Waals surface area contributed by atoms with Crippen molar-refractivity contribution in [3.63, 3.8) is 0 Å². The quantitative estimate of drug-likeness (QED) is 0.240. The van der Waals surface area contributed by atoms with E-state index in [-0.39, 0.29) is 125 Å². The summed E-state index contributed by atoms with van der Waals surface area (Å²) in [5.74, 6) is 2.64. The molecule has 0 aliphatic carbocycles. The number of nitrogens with one attached hydrogen (secondary N) is 1. The van der Waals surface area contributed by atoms with Crippen LogP contribution in [0.4, 0.5) is 0 Å². The van der Waals surface area contributed by atoms with Crippen LogP contribution in [-0.4, -0.2) is 274 Å². The molecule has 13 aliphatic heterocycles. The highest BCUT2D eigenvalue weighted by Gasteiger charge is 2.46. The van der Waals surface area contributed by atoms with E-state index in [2.05, 4.69) is 20.3 Å². The van der Waals surface area contributed by atoms with Gasteiger partial charge >= 0.3 is 0 Å². The summed E-state index contributed by atoms with van der Waals surface area (Å²) in [4.78, 5) is 133. The lowest BCUT2D eigenvalue weighted by atomic mass is 10.4. The highest BCUT2D eigenvalue weighted by Crippen LogP contribution is 2.27. The van der Waals surface area contributed by atoms with E-state index >= 15 is 0 Å². The summed E-state index contributed by atoms with van der Waals surface area (Å²) in [5, 5.41) is 3.00. The largest absolute Gasteiger partial charge is 0.357 e. The summed E-state index contributed by atoms with van der Waals surface area (Å²) in [6.45, 7) is 0. The van der Waals surface area contributed by atoms with E-state index in [1.54, 1.807) is 97.1 Å². The molecule has 0 atom stereocenters. The van der Waals surface area contributed by atoms with Gasteiger partial charge in [0.15, 0.2) is 0 Å². The van der Waals surface area contributed by atoms with E-state index in [0.717, 1.165) is 0 Å². The number of hydrogen-bond donors (Lipinski definition) is 1. The van der Waals surface area contributed by atoms with Gasteiger partial charge in [-0.15, -0.1) is 0 Å². The summed E-state index contributed by atoms with van der Waals surface area (Å²) < 4.78 is 0. The maximum absolute atomic E-state index is 5.03. The Balaban J connectivity index is 1.09. The molecule has 0 spiro atoms. The van der Waals surface area contributed by atoms with Crippen molar-refractivity contribution in [2.24, 2.45) is 120 Å². The fourth-order valence-corrected chi connectivity index (χ4v) is 7.29. The van der Waals surface area contributed by atoms with Crippen LogP contribution < -0.4 is 5.32 Å². The molecule has 0 saturated carbocycles.